The van der Waals surface area contributed by atoms with E-state index >= 15 is 0 Å². The van der Waals surface area contributed by atoms with Crippen LogP contribution < -0.4 is 4.90 Å². The molecule has 40 heavy (non-hydrogen) atoms. The standard InChI is InChI=1S/C36H42N2O2/c1-24-8-6-10-27(18-24)21-38-32-13-5-4-12-31(32)36(35(38)39)16-17-37-22-29-14-15-33(26(3)30(29)20-34(36)37)40-23-28-11-7-9-25(2)19-28/h4-13,18-19,26,29-30,33-34H,14-17,20-23H2,1-3H3/t26-,29+,30-,33+,34+,36+/m1/s1. The number of piperidine rings is 1. The van der Waals surface area contributed by atoms with Gasteiger partial charge in [0.25, 0.3) is 0 Å². The minimum absolute atomic E-state index is 0.267. The van der Waals surface area contributed by atoms with Crippen molar-refractivity contribution in [2.24, 2.45) is 17.8 Å². The number of hydrogen-bond donors (Lipinski definition) is 0. The summed E-state index contributed by atoms with van der Waals surface area (Å²) >= 11 is 0. The zero-order valence-electron chi connectivity index (χ0n) is 24.2. The van der Waals surface area contributed by atoms with Gasteiger partial charge in [-0.1, -0.05) is 84.8 Å². The summed E-state index contributed by atoms with van der Waals surface area (Å²) in [6.07, 6.45) is 4.68. The number of para-hydroxylation sites is 1. The van der Waals surface area contributed by atoms with Gasteiger partial charge in [-0.2, -0.15) is 0 Å². The zero-order chi connectivity index (χ0) is 27.4. The lowest BCUT2D eigenvalue weighted by Gasteiger charge is -2.51. The second-order valence-corrected chi connectivity index (χ2v) is 13.1. The molecule has 1 saturated carbocycles. The third-order valence-corrected chi connectivity index (χ3v) is 10.7. The van der Waals surface area contributed by atoms with E-state index in [0.29, 0.717) is 36.8 Å². The van der Waals surface area contributed by atoms with Crippen LogP contribution >= 0.6 is 0 Å². The highest BCUT2D eigenvalue weighted by molar-refractivity contribution is 6.09. The molecule has 0 aromatic heterocycles. The van der Waals surface area contributed by atoms with Gasteiger partial charge in [0, 0.05) is 18.3 Å². The van der Waals surface area contributed by atoms with Gasteiger partial charge in [0.1, 0.15) is 0 Å². The molecule has 1 aliphatic carbocycles. The Kier molecular flexibility index (Phi) is 6.59. The molecule has 1 amide bonds. The Morgan fingerprint density at radius 2 is 1.68 bits per heavy atom. The van der Waals surface area contributed by atoms with Crippen molar-refractivity contribution in [1.29, 1.82) is 0 Å². The van der Waals surface area contributed by atoms with Crippen molar-refractivity contribution in [2.75, 3.05) is 18.0 Å². The first-order valence-corrected chi connectivity index (χ1v) is 15.3. The van der Waals surface area contributed by atoms with Crippen molar-refractivity contribution in [3.05, 3.63) is 101 Å². The Balaban J connectivity index is 1.14. The molecular formula is C36H42N2O2. The summed E-state index contributed by atoms with van der Waals surface area (Å²) in [6, 6.07) is 26.2. The Morgan fingerprint density at radius 1 is 0.925 bits per heavy atom. The molecule has 4 heteroatoms. The van der Waals surface area contributed by atoms with E-state index in [1.807, 2.05) is 0 Å². The first kappa shape index (κ1) is 26.0. The second-order valence-electron chi connectivity index (χ2n) is 13.1. The molecule has 6 atom stereocenters. The lowest BCUT2D eigenvalue weighted by molar-refractivity contribution is -0.126. The fourth-order valence-corrected chi connectivity index (χ4v) is 8.78. The van der Waals surface area contributed by atoms with Crippen LogP contribution in [0.2, 0.25) is 0 Å². The smallest absolute Gasteiger partial charge is 0.239 e. The maximum absolute atomic E-state index is 14.6. The average Bonchev–Trinajstić information content (AvgIpc) is 3.44. The number of benzene rings is 3. The molecule has 3 aliphatic heterocycles. The van der Waals surface area contributed by atoms with Gasteiger partial charge in [-0.05, 0) is 86.6 Å². The molecular weight excluding hydrogens is 492 g/mol. The molecule has 0 unspecified atom stereocenters. The third kappa shape index (κ3) is 4.23. The van der Waals surface area contributed by atoms with Crippen LogP contribution in [0.1, 0.15) is 60.4 Å². The number of aryl methyl sites for hydroxylation is 2. The van der Waals surface area contributed by atoms with Crippen LogP contribution in [0.25, 0.3) is 0 Å². The van der Waals surface area contributed by atoms with Gasteiger partial charge in [0.15, 0.2) is 0 Å². The number of hydrogen-bond acceptors (Lipinski definition) is 3. The Bertz CT molecular complexity index is 1420. The van der Waals surface area contributed by atoms with Gasteiger partial charge >= 0.3 is 0 Å². The van der Waals surface area contributed by atoms with E-state index in [4.69, 9.17) is 4.74 Å². The zero-order valence-corrected chi connectivity index (χ0v) is 24.2. The van der Waals surface area contributed by atoms with E-state index in [-0.39, 0.29) is 12.1 Å². The number of carbonyl (C=O) groups excluding carboxylic acids is 1. The lowest BCUT2D eigenvalue weighted by Crippen LogP contribution is -2.57. The maximum Gasteiger partial charge on any atom is 0.239 e. The molecule has 4 nitrogen and oxygen atoms in total. The third-order valence-electron chi connectivity index (χ3n) is 10.7. The molecule has 1 spiro atoms. The SMILES string of the molecule is Cc1cccc(CO[C@H]2CC[C@H]3CN4CC[C@@]5(C(=O)N(Cc6cccc(C)c6)c6ccccc65)[C@@H]4C[C@@H]3[C@H]2C)c1. The number of nitrogens with zero attached hydrogens (tertiary/aromatic N) is 2. The Labute approximate surface area is 239 Å². The van der Waals surface area contributed by atoms with Gasteiger partial charge in [0.2, 0.25) is 5.91 Å². The molecule has 3 fully saturated rings. The average molecular weight is 535 g/mol. The van der Waals surface area contributed by atoms with E-state index in [1.54, 1.807) is 0 Å². The summed E-state index contributed by atoms with van der Waals surface area (Å²) in [5.74, 6) is 2.11. The highest BCUT2D eigenvalue weighted by Gasteiger charge is 2.62. The van der Waals surface area contributed by atoms with Gasteiger partial charge in [-0.15, -0.1) is 0 Å². The molecule has 2 saturated heterocycles. The monoisotopic (exact) mass is 534 g/mol. The fourth-order valence-electron chi connectivity index (χ4n) is 8.78. The second kappa shape index (κ2) is 10.2. The molecule has 0 bridgehead atoms. The predicted molar refractivity (Wildman–Crippen MR) is 160 cm³/mol. The van der Waals surface area contributed by atoms with Crippen molar-refractivity contribution < 1.29 is 9.53 Å². The van der Waals surface area contributed by atoms with Crippen LogP contribution in [0.4, 0.5) is 5.69 Å². The molecule has 208 valence electrons. The van der Waals surface area contributed by atoms with Crippen molar-refractivity contribution in [2.45, 2.75) is 77.2 Å². The number of carbonyl (C=O) groups is 1. The van der Waals surface area contributed by atoms with Crippen molar-refractivity contribution in [3.63, 3.8) is 0 Å². The fraction of sp³-hybridized carbons (Fsp3) is 0.472. The van der Waals surface area contributed by atoms with Gasteiger partial charge in [0.05, 0.1) is 24.7 Å². The number of amides is 1. The van der Waals surface area contributed by atoms with E-state index < -0.39 is 5.41 Å². The lowest BCUT2D eigenvalue weighted by atomic mass is 9.62. The first-order valence-electron chi connectivity index (χ1n) is 15.3. The summed E-state index contributed by atoms with van der Waals surface area (Å²) in [4.78, 5) is 19.4. The largest absolute Gasteiger partial charge is 0.373 e. The topological polar surface area (TPSA) is 32.8 Å². The van der Waals surface area contributed by atoms with E-state index in [0.717, 1.165) is 38.0 Å². The first-order chi connectivity index (χ1) is 19.4. The summed E-state index contributed by atoms with van der Waals surface area (Å²) in [5.41, 5.74) is 6.94. The van der Waals surface area contributed by atoms with Gasteiger partial charge < -0.3 is 9.64 Å². The summed E-state index contributed by atoms with van der Waals surface area (Å²) < 4.78 is 6.60. The maximum atomic E-state index is 14.6. The van der Waals surface area contributed by atoms with Gasteiger partial charge in [-0.3, -0.25) is 9.69 Å². The predicted octanol–water partition coefficient (Wildman–Crippen LogP) is 6.81. The van der Waals surface area contributed by atoms with E-state index in [9.17, 15) is 4.79 Å². The molecule has 0 radical (unpaired) electrons. The molecule has 3 aromatic rings. The number of anilines is 1. The summed E-state index contributed by atoms with van der Waals surface area (Å²) in [7, 11) is 0. The molecule has 3 aromatic carbocycles. The summed E-state index contributed by atoms with van der Waals surface area (Å²) in [6.45, 7) is 10.2. The van der Waals surface area contributed by atoms with Crippen LogP contribution in [0.15, 0.2) is 72.8 Å². The molecule has 4 aliphatic rings. The molecule has 0 N–H and O–H groups in total. The van der Waals surface area contributed by atoms with Crippen molar-refractivity contribution in [3.8, 4) is 0 Å². The Hall–Kier alpha value is -2.95. The van der Waals surface area contributed by atoms with Crippen molar-refractivity contribution in [1.82, 2.24) is 4.90 Å². The highest BCUT2D eigenvalue weighted by Crippen LogP contribution is 2.56. The van der Waals surface area contributed by atoms with Crippen LogP contribution in [0.3, 0.4) is 0 Å². The molecule has 7 rings (SSSR count). The number of ether oxygens (including phenoxy) is 1. The van der Waals surface area contributed by atoms with E-state index in [1.165, 1.54) is 34.2 Å². The minimum Gasteiger partial charge on any atom is -0.373 e. The van der Waals surface area contributed by atoms with Crippen LogP contribution in [-0.4, -0.2) is 36.0 Å². The van der Waals surface area contributed by atoms with Crippen LogP contribution in [0, 0.1) is 31.6 Å². The number of fused-ring (bicyclic) bond motifs is 5. The Morgan fingerprint density at radius 3 is 2.48 bits per heavy atom. The van der Waals surface area contributed by atoms with E-state index in [2.05, 4.69) is 103 Å². The molecule has 3 heterocycles. The minimum atomic E-state index is -0.430. The van der Waals surface area contributed by atoms with Crippen LogP contribution in [0.5, 0.6) is 0 Å². The van der Waals surface area contributed by atoms with Crippen molar-refractivity contribution >= 4 is 11.6 Å². The highest BCUT2D eigenvalue weighted by atomic mass is 16.5. The summed E-state index contributed by atoms with van der Waals surface area (Å²) in [5, 5.41) is 0. The normalized spacial score (nSPS) is 31.3. The van der Waals surface area contributed by atoms with Crippen LogP contribution in [-0.2, 0) is 28.1 Å². The van der Waals surface area contributed by atoms with Gasteiger partial charge in [-0.25, -0.2) is 0 Å². The quantitative estimate of drug-likeness (QED) is 0.360. The number of rotatable bonds is 5.